The minimum absolute atomic E-state index is 0.0660. The summed E-state index contributed by atoms with van der Waals surface area (Å²) in [6.45, 7) is 9.53. The zero-order valence-electron chi connectivity index (χ0n) is 13.6. The molecule has 0 bridgehead atoms. The molecule has 1 aromatic rings. The van der Waals surface area contributed by atoms with Crippen molar-refractivity contribution in [1.82, 2.24) is 0 Å². The Kier molecular flexibility index (Phi) is 4.77. The predicted octanol–water partition coefficient (Wildman–Crippen LogP) is 4.09. The molecule has 0 spiro atoms. The van der Waals surface area contributed by atoms with E-state index < -0.39 is 0 Å². The molecule has 1 aromatic carbocycles. The minimum atomic E-state index is -0.339. The fraction of sp³-hybridized carbons (Fsp3) is 0.647. The molecule has 1 saturated carbocycles. The molecule has 1 N–H and O–H groups in total. The normalized spacial score (nSPS) is 23.8. The first-order valence-electron chi connectivity index (χ1n) is 7.56. The summed E-state index contributed by atoms with van der Waals surface area (Å²) < 4.78 is 24.4. The lowest BCUT2D eigenvalue weighted by molar-refractivity contribution is -0.108. The highest BCUT2D eigenvalue weighted by Crippen LogP contribution is 2.44. The van der Waals surface area contributed by atoms with Crippen LogP contribution in [0.25, 0.3) is 0 Å². The van der Waals surface area contributed by atoms with Crippen LogP contribution in [-0.4, -0.2) is 25.9 Å². The molecule has 1 aliphatic carbocycles. The molecule has 4 heteroatoms. The number of halogens is 1. The lowest BCUT2D eigenvalue weighted by atomic mass is 9.64. The van der Waals surface area contributed by atoms with Gasteiger partial charge in [0.2, 0.25) is 0 Å². The van der Waals surface area contributed by atoms with Crippen molar-refractivity contribution in [1.29, 1.82) is 0 Å². The fourth-order valence-corrected chi connectivity index (χ4v) is 2.67. The van der Waals surface area contributed by atoms with Gasteiger partial charge in [-0.15, -0.1) is 0 Å². The molecule has 0 heterocycles. The Morgan fingerprint density at radius 3 is 2.67 bits per heavy atom. The second kappa shape index (κ2) is 6.22. The number of anilines is 1. The zero-order valence-corrected chi connectivity index (χ0v) is 13.6. The van der Waals surface area contributed by atoms with Gasteiger partial charge in [-0.25, -0.2) is 4.39 Å². The van der Waals surface area contributed by atoms with Crippen LogP contribution in [0.5, 0.6) is 5.75 Å². The fourth-order valence-electron chi connectivity index (χ4n) is 2.67. The second-order valence-electron chi connectivity index (χ2n) is 6.82. The molecule has 2 rings (SSSR count). The number of rotatable bonds is 6. The SMILES string of the molecule is COc1cc(NC2CC(OCC(C)C)C2(C)C)ccc1F. The van der Waals surface area contributed by atoms with E-state index in [-0.39, 0.29) is 23.1 Å². The number of nitrogens with one attached hydrogen (secondary N) is 1. The van der Waals surface area contributed by atoms with Gasteiger partial charge in [-0.05, 0) is 24.5 Å². The van der Waals surface area contributed by atoms with Crippen LogP contribution in [0.15, 0.2) is 18.2 Å². The number of benzene rings is 1. The Bertz CT molecular complexity index is 488. The van der Waals surface area contributed by atoms with Crippen LogP contribution in [0, 0.1) is 17.2 Å². The van der Waals surface area contributed by atoms with Crippen LogP contribution in [0.2, 0.25) is 0 Å². The number of hydrogen-bond donors (Lipinski definition) is 1. The van der Waals surface area contributed by atoms with Crippen molar-refractivity contribution in [3.63, 3.8) is 0 Å². The third kappa shape index (κ3) is 3.49. The molecular formula is C17H26FNO2. The first-order valence-corrected chi connectivity index (χ1v) is 7.56. The van der Waals surface area contributed by atoms with E-state index >= 15 is 0 Å². The van der Waals surface area contributed by atoms with Crippen LogP contribution in [0.4, 0.5) is 10.1 Å². The molecule has 3 nitrogen and oxygen atoms in total. The van der Waals surface area contributed by atoms with Crippen LogP contribution >= 0.6 is 0 Å². The smallest absolute Gasteiger partial charge is 0.165 e. The molecule has 1 aliphatic rings. The van der Waals surface area contributed by atoms with E-state index in [1.54, 1.807) is 12.1 Å². The monoisotopic (exact) mass is 295 g/mol. The van der Waals surface area contributed by atoms with Gasteiger partial charge in [0, 0.05) is 29.8 Å². The minimum Gasteiger partial charge on any atom is -0.494 e. The summed E-state index contributed by atoms with van der Waals surface area (Å²) in [4.78, 5) is 0. The van der Waals surface area contributed by atoms with Gasteiger partial charge < -0.3 is 14.8 Å². The van der Waals surface area contributed by atoms with E-state index in [1.165, 1.54) is 13.2 Å². The van der Waals surface area contributed by atoms with E-state index in [0.29, 0.717) is 12.0 Å². The summed E-state index contributed by atoms with van der Waals surface area (Å²) in [5.41, 5.74) is 0.949. The van der Waals surface area contributed by atoms with Gasteiger partial charge in [0.1, 0.15) is 0 Å². The van der Waals surface area contributed by atoms with E-state index in [2.05, 4.69) is 33.0 Å². The van der Waals surface area contributed by atoms with Crippen LogP contribution < -0.4 is 10.1 Å². The largest absolute Gasteiger partial charge is 0.494 e. The highest BCUT2D eigenvalue weighted by Gasteiger charge is 2.49. The van der Waals surface area contributed by atoms with Crippen LogP contribution in [0.3, 0.4) is 0 Å². The average molecular weight is 295 g/mol. The molecule has 0 aliphatic heterocycles. The second-order valence-corrected chi connectivity index (χ2v) is 6.82. The van der Waals surface area contributed by atoms with E-state index in [4.69, 9.17) is 9.47 Å². The van der Waals surface area contributed by atoms with Gasteiger partial charge in [0.25, 0.3) is 0 Å². The average Bonchev–Trinajstić information content (AvgIpc) is 2.43. The molecule has 21 heavy (non-hydrogen) atoms. The lowest BCUT2D eigenvalue weighted by Crippen LogP contribution is -2.58. The highest BCUT2D eigenvalue weighted by molar-refractivity contribution is 5.50. The third-order valence-electron chi connectivity index (χ3n) is 4.30. The summed E-state index contributed by atoms with van der Waals surface area (Å²) in [5.74, 6) is 0.480. The Morgan fingerprint density at radius 2 is 2.10 bits per heavy atom. The van der Waals surface area contributed by atoms with Gasteiger partial charge in [-0.1, -0.05) is 27.7 Å². The molecule has 2 atom stereocenters. The van der Waals surface area contributed by atoms with Gasteiger partial charge in [0.05, 0.1) is 13.2 Å². The van der Waals surface area contributed by atoms with E-state index in [9.17, 15) is 4.39 Å². The van der Waals surface area contributed by atoms with E-state index in [1.807, 2.05) is 0 Å². The highest BCUT2D eigenvalue weighted by atomic mass is 19.1. The summed E-state index contributed by atoms with van der Waals surface area (Å²) in [7, 11) is 1.48. The first kappa shape index (κ1) is 16.1. The Morgan fingerprint density at radius 1 is 1.38 bits per heavy atom. The number of ether oxygens (including phenoxy) is 2. The Labute approximate surface area is 126 Å². The van der Waals surface area contributed by atoms with Gasteiger partial charge >= 0.3 is 0 Å². The van der Waals surface area contributed by atoms with Crippen molar-refractivity contribution in [2.45, 2.75) is 46.3 Å². The molecule has 118 valence electrons. The van der Waals surface area contributed by atoms with Crippen molar-refractivity contribution < 1.29 is 13.9 Å². The van der Waals surface area contributed by atoms with Crippen LogP contribution in [-0.2, 0) is 4.74 Å². The maximum Gasteiger partial charge on any atom is 0.165 e. The molecular weight excluding hydrogens is 269 g/mol. The predicted molar refractivity (Wildman–Crippen MR) is 83.3 cm³/mol. The van der Waals surface area contributed by atoms with Crippen molar-refractivity contribution in [3.05, 3.63) is 24.0 Å². The van der Waals surface area contributed by atoms with Crippen molar-refractivity contribution >= 4 is 5.69 Å². The Hall–Kier alpha value is -1.29. The number of methoxy groups -OCH3 is 1. The van der Waals surface area contributed by atoms with Crippen molar-refractivity contribution in [2.24, 2.45) is 11.3 Å². The summed E-state index contributed by atoms with van der Waals surface area (Å²) >= 11 is 0. The van der Waals surface area contributed by atoms with Crippen LogP contribution in [0.1, 0.15) is 34.1 Å². The summed E-state index contributed by atoms with van der Waals surface area (Å²) in [5, 5.41) is 3.46. The molecule has 0 aromatic heterocycles. The van der Waals surface area contributed by atoms with Gasteiger partial charge in [-0.3, -0.25) is 0 Å². The maximum absolute atomic E-state index is 13.4. The molecule has 0 amide bonds. The lowest BCUT2D eigenvalue weighted by Gasteiger charge is -2.52. The van der Waals surface area contributed by atoms with E-state index in [0.717, 1.165) is 18.7 Å². The topological polar surface area (TPSA) is 30.5 Å². The van der Waals surface area contributed by atoms with Crippen molar-refractivity contribution in [3.8, 4) is 5.75 Å². The maximum atomic E-state index is 13.4. The van der Waals surface area contributed by atoms with Crippen molar-refractivity contribution in [2.75, 3.05) is 19.0 Å². The standard InChI is InChI=1S/C17H26FNO2/c1-11(2)10-21-16-9-15(17(16,3)4)19-12-6-7-13(18)14(8-12)20-5/h6-8,11,15-16,19H,9-10H2,1-5H3. The quantitative estimate of drug-likeness (QED) is 0.857. The molecule has 1 fully saturated rings. The first-order chi connectivity index (χ1) is 9.84. The molecule has 0 radical (unpaired) electrons. The van der Waals surface area contributed by atoms with Gasteiger partial charge in [0.15, 0.2) is 11.6 Å². The molecule has 2 unspecified atom stereocenters. The summed E-state index contributed by atoms with van der Waals surface area (Å²) in [6.07, 6.45) is 1.25. The summed E-state index contributed by atoms with van der Waals surface area (Å²) in [6, 6.07) is 5.20. The number of hydrogen-bond acceptors (Lipinski definition) is 3. The van der Waals surface area contributed by atoms with Gasteiger partial charge in [-0.2, -0.15) is 0 Å². The third-order valence-corrected chi connectivity index (χ3v) is 4.30. The Balaban J connectivity index is 1.96. The zero-order chi connectivity index (χ0) is 15.6. The molecule has 0 saturated heterocycles.